The van der Waals surface area contributed by atoms with E-state index in [4.69, 9.17) is 22.1 Å². The van der Waals surface area contributed by atoms with E-state index < -0.39 is 0 Å². The van der Waals surface area contributed by atoms with Crippen LogP contribution in [0.3, 0.4) is 0 Å². The first-order valence-corrected chi connectivity index (χ1v) is 6.88. The van der Waals surface area contributed by atoms with E-state index >= 15 is 0 Å². The van der Waals surface area contributed by atoms with Crippen LogP contribution in [-0.4, -0.2) is 13.0 Å². The molecule has 20 heavy (non-hydrogen) atoms. The van der Waals surface area contributed by atoms with E-state index in [9.17, 15) is 4.79 Å². The van der Waals surface area contributed by atoms with Crippen molar-refractivity contribution in [3.05, 3.63) is 51.5 Å². The number of benzene rings is 2. The lowest BCUT2D eigenvalue weighted by Crippen LogP contribution is -2.13. The molecular formula is C14H12BrClN2O2. The minimum absolute atomic E-state index is 0.314. The van der Waals surface area contributed by atoms with Gasteiger partial charge < -0.3 is 15.8 Å². The van der Waals surface area contributed by atoms with Gasteiger partial charge in [0.15, 0.2) is 0 Å². The normalized spacial score (nSPS) is 10.2. The first-order chi connectivity index (χ1) is 9.51. The molecule has 0 aliphatic carbocycles. The first-order valence-electron chi connectivity index (χ1n) is 5.71. The number of nitrogen functional groups attached to an aromatic ring is 1. The summed E-state index contributed by atoms with van der Waals surface area (Å²) in [6.45, 7) is 0. The molecule has 0 aliphatic rings. The zero-order chi connectivity index (χ0) is 14.7. The Labute approximate surface area is 130 Å². The van der Waals surface area contributed by atoms with Crippen LogP contribution in [0.15, 0.2) is 40.9 Å². The highest BCUT2D eigenvalue weighted by atomic mass is 79.9. The van der Waals surface area contributed by atoms with Gasteiger partial charge in [0.05, 0.1) is 12.7 Å². The number of rotatable bonds is 3. The molecule has 0 saturated carbocycles. The summed E-state index contributed by atoms with van der Waals surface area (Å²) >= 11 is 9.20. The molecule has 6 heteroatoms. The van der Waals surface area contributed by atoms with E-state index in [2.05, 4.69) is 21.2 Å². The molecule has 0 radical (unpaired) electrons. The molecule has 3 N–H and O–H groups in total. The van der Waals surface area contributed by atoms with E-state index in [0.29, 0.717) is 27.7 Å². The van der Waals surface area contributed by atoms with Gasteiger partial charge in [0.25, 0.3) is 5.91 Å². The SMILES string of the molecule is COc1ccc(Cl)cc1C(=O)Nc1ccc(Br)c(N)c1. The van der Waals surface area contributed by atoms with E-state index in [0.717, 1.165) is 4.47 Å². The van der Waals surface area contributed by atoms with Crippen LogP contribution in [0.5, 0.6) is 5.75 Å². The maximum atomic E-state index is 12.2. The average molecular weight is 356 g/mol. The number of carbonyl (C=O) groups is 1. The number of nitrogens with one attached hydrogen (secondary N) is 1. The molecular weight excluding hydrogens is 344 g/mol. The molecule has 0 fully saturated rings. The Morgan fingerprint density at radius 2 is 2.05 bits per heavy atom. The van der Waals surface area contributed by atoms with Gasteiger partial charge in [-0.05, 0) is 52.3 Å². The highest BCUT2D eigenvalue weighted by molar-refractivity contribution is 9.10. The number of hydrogen-bond donors (Lipinski definition) is 2. The molecule has 1 amide bonds. The fraction of sp³-hybridized carbons (Fsp3) is 0.0714. The predicted octanol–water partition coefficient (Wildman–Crippen LogP) is 3.95. The van der Waals surface area contributed by atoms with Crippen LogP contribution in [0.1, 0.15) is 10.4 Å². The average Bonchev–Trinajstić information content (AvgIpc) is 2.43. The number of hydrogen-bond acceptors (Lipinski definition) is 3. The lowest BCUT2D eigenvalue weighted by atomic mass is 10.1. The molecule has 0 aromatic heterocycles. The number of carbonyl (C=O) groups excluding carboxylic acids is 1. The highest BCUT2D eigenvalue weighted by Crippen LogP contribution is 2.26. The number of halogens is 2. The van der Waals surface area contributed by atoms with E-state index in [1.165, 1.54) is 7.11 Å². The second-order valence-electron chi connectivity index (χ2n) is 4.04. The topological polar surface area (TPSA) is 64.3 Å². The summed E-state index contributed by atoms with van der Waals surface area (Å²) in [6, 6.07) is 10.0. The third kappa shape index (κ3) is 3.23. The summed E-state index contributed by atoms with van der Waals surface area (Å²) in [4.78, 5) is 12.2. The highest BCUT2D eigenvalue weighted by Gasteiger charge is 2.13. The van der Waals surface area contributed by atoms with Gasteiger partial charge in [0, 0.05) is 20.9 Å². The Morgan fingerprint density at radius 3 is 2.70 bits per heavy atom. The standard InChI is InChI=1S/C14H12BrClN2O2/c1-20-13-5-2-8(16)6-10(13)14(19)18-9-3-4-11(15)12(17)7-9/h2-7H,17H2,1H3,(H,18,19). The van der Waals surface area contributed by atoms with Crippen molar-refractivity contribution >= 4 is 44.8 Å². The number of amides is 1. The fourth-order valence-electron chi connectivity index (χ4n) is 1.68. The van der Waals surface area contributed by atoms with Gasteiger partial charge in [-0.25, -0.2) is 0 Å². The summed E-state index contributed by atoms with van der Waals surface area (Å²) in [6.07, 6.45) is 0. The fourth-order valence-corrected chi connectivity index (χ4v) is 2.10. The summed E-state index contributed by atoms with van der Waals surface area (Å²) in [5, 5.41) is 3.21. The molecule has 4 nitrogen and oxygen atoms in total. The van der Waals surface area contributed by atoms with Crippen molar-refractivity contribution in [1.82, 2.24) is 0 Å². The Balaban J connectivity index is 2.27. The quantitative estimate of drug-likeness (QED) is 0.820. The third-order valence-electron chi connectivity index (χ3n) is 2.66. The van der Waals surface area contributed by atoms with Crippen LogP contribution < -0.4 is 15.8 Å². The minimum atomic E-state index is -0.314. The lowest BCUT2D eigenvalue weighted by Gasteiger charge is -2.10. The van der Waals surface area contributed by atoms with E-state index in [1.807, 2.05) is 0 Å². The molecule has 0 aliphatic heterocycles. The molecule has 2 aromatic carbocycles. The molecule has 104 valence electrons. The molecule has 0 spiro atoms. The Hall–Kier alpha value is -1.72. The maximum absolute atomic E-state index is 12.2. The van der Waals surface area contributed by atoms with Gasteiger partial charge in [-0.2, -0.15) is 0 Å². The van der Waals surface area contributed by atoms with Crippen LogP contribution >= 0.6 is 27.5 Å². The predicted molar refractivity (Wildman–Crippen MR) is 84.5 cm³/mol. The zero-order valence-electron chi connectivity index (χ0n) is 10.6. The van der Waals surface area contributed by atoms with E-state index in [-0.39, 0.29) is 5.91 Å². The third-order valence-corrected chi connectivity index (χ3v) is 3.62. The number of anilines is 2. The van der Waals surface area contributed by atoms with Crippen LogP contribution in [-0.2, 0) is 0 Å². The van der Waals surface area contributed by atoms with Crippen molar-refractivity contribution in [2.75, 3.05) is 18.2 Å². The summed E-state index contributed by atoms with van der Waals surface area (Å²) in [7, 11) is 1.50. The van der Waals surface area contributed by atoms with Gasteiger partial charge >= 0.3 is 0 Å². The molecule has 0 bridgehead atoms. The molecule has 0 saturated heterocycles. The second kappa shape index (κ2) is 6.15. The Morgan fingerprint density at radius 1 is 1.30 bits per heavy atom. The second-order valence-corrected chi connectivity index (χ2v) is 5.33. The van der Waals surface area contributed by atoms with Gasteiger partial charge in [0.1, 0.15) is 5.75 Å². The summed E-state index contributed by atoms with van der Waals surface area (Å²) in [5.41, 5.74) is 7.27. The molecule has 0 heterocycles. The Kier molecular flexibility index (Phi) is 4.52. The largest absolute Gasteiger partial charge is 0.496 e. The number of ether oxygens (including phenoxy) is 1. The van der Waals surface area contributed by atoms with Crippen LogP contribution in [0, 0.1) is 0 Å². The van der Waals surface area contributed by atoms with Crippen molar-refractivity contribution in [3.63, 3.8) is 0 Å². The zero-order valence-corrected chi connectivity index (χ0v) is 13.0. The molecule has 2 rings (SSSR count). The van der Waals surface area contributed by atoms with Crippen molar-refractivity contribution in [2.24, 2.45) is 0 Å². The van der Waals surface area contributed by atoms with Gasteiger partial charge in [-0.1, -0.05) is 11.6 Å². The number of methoxy groups -OCH3 is 1. The minimum Gasteiger partial charge on any atom is -0.496 e. The van der Waals surface area contributed by atoms with Gasteiger partial charge in [-0.3, -0.25) is 4.79 Å². The smallest absolute Gasteiger partial charge is 0.259 e. The molecule has 0 unspecified atom stereocenters. The summed E-state index contributed by atoms with van der Waals surface area (Å²) in [5.74, 6) is 0.142. The van der Waals surface area contributed by atoms with Crippen LogP contribution in [0.2, 0.25) is 5.02 Å². The van der Waals surface area contributed by atoms with Gasteiger partial charge in [-0.15, -0.1) is 0 Å². The number of nitrogens with two attached hydrogens (primary N) is 1. The van der Waals surface area contributed by atoms with Crippen molar-refractivity contribution in [3.8, 4) is 5.75 Å². The summed E-state index contributed by atoms with van der Waals surface area (Å²) < 4.78 is 5.92. The van der Waals surface area contributed by atoms with Gasteiger partial charge in [0.2, 0.25) is 0 Å². The van der Waals surface area contributed by atoms with E-state index in [1.54, 1.807) is 36.4 Å². The van der Waals surface area contributed by atoms with Crippen molar-refractivity contribution in [2.45, 2.75) is 0 Å². The first kappa shape index (κ1) is 14.7. The lowest BCUT2D eigenvalue weighted by molar-refractivity contribution is 0.102. The molecule has 2 aromatic rings. The Bertz CT molecular complexity index is 662. The monoisotopic (exact) mass is 354 g/mol. The molecule has 0 atom stereocenters. The van der Waals surface area contributed by atoms with Crippen LogP contribution in [0.4, 0.5) is 11.4 Å². The van der Waals surface area contributed by atoms with Crippen molar-refractivity contribution in [1.29, 1.82) is 0 Å². The van der Waals surface area contributed by atoms with Crippen LogP contribution in [0.25, 0.3) is 0 Å². The van der Waals surface area contributed by atoms with Crippen molar-refractivity contribution < 1.29 is 9.53 Å². The maximum Gasteiger partial charge on any atom is 0.259 e.